The summed E-state index contributed by atoms with van der Waals surface area (Å²) in [5, 5.41) is 5.06. The molecular weight excluding hydrogens is 388 g/mol. The zero-order valence-electron chi connectivity index (χ0n) is 19.2. The molecule has 3 aliphatic carbocycles. The molecule has 1 fully saturated rings. The van der Waals surface area contributed by atoms with Crippen molar-refractivity contribution in [1.82, 2.24) is 19.7 Å². The lowest BCUT2D eigenvalue weighted by Crippen LogP contribution is -2.40. The maximum absolute atomic E-state index is 6.09. The van der Waals surface area contributed by atoms with Gasteiger partial charge in [0.15, 0.2) is 5.82 Å². The van der Waals surface area contributed by atoms with E-state index in [0.717, 1.165) is 35.6 Å². The molecule has 30 heavy (non-hydrogen) atoms. The minimum absolute atomic E-state index is 0.437. The number of rotatable bonds is 6. The molecule has 3 aliphatic rings. The zero-order chi connectivity index (χ0) is 21.3. The van der Waals surface area contributed by atoms with Crippen molar-refractivity contribution in [3.63, 3.8) is 0 Å². The van der Waals surface area contributed by atoms with Crippen molar-refractivity contribution in [3.8, 4) is 11.5 Å². The van der Waals surface area contributed by atoms with E-state index >= 15 is 0 Å². The number of aromatic nitrogens is 4. The van der Waals surface area contributed by atoms with Gasteiger partial charge in [0.25, 0.3) is 0 Å². The van der Waals surface area contributed by atoms with Crippen LogP contribution in [0.3, 0.4) is 0 Å². The summed E-state index contributed by atoms with van der Waals surface area (Å²) in [7, 11) is -1.09. The molecule has 0 atom stereocenters. The number of ether oxygens (including phenoxy) is 1. The summed E-state index contributed by atoms with van der Waals surface area (Å²) in [6, 6.07) is 5.56. The van der Waals surface area contributed by atoms with Crippen LogP contribution in [0.1, 0.15) is 48.1 Å². The highest BCUT2D eigenvalue weighted by molar-refractivity contribution is 6.76. The molecule has 5 nitrogen and oxygen atoms in total. The average molecular weight is 423 g/mol. The van der Waals surface area contributed by atoms with Crippen molar-refractivity contribution in [2.75, 3.05) is 6.61 Å². The Morgan fingerprint density at radius 3 is 2.73 bits per heavy atom. The van der Waals surface area contributed by atoms with Crippen molar-refractivity contribution in [1.29, 1.82) is 0 Å². The van der Waals surface area contributed by atoms with E-state index in [1.165, 1.54) is 41.3 Å². The van der Waals surface area contributed by atoms with Crippen molar-refractivity contribution in [3.05, 3.63) is 34.5 Å². The highest BCUT2D eigenvalue weighted by Crippen LogP contribution is 2.59. The summed E-state index contributed by atoms with van der Waals surface area (Å²) in [5.74, 6) is 1.52. The Morgan fingerprint density at radius 2 is 2.00 bits per heavy atom. The third-order valence-corrected chi connectivity index (χ3v) is 8.65. The normalized spacial score (nSPS) is 22.9. The summed E-state index contributed by atoms with van der Waals surface area (Å²) >= 11 is 0. The number of hydrogen-bond acceptors (Lipinski definition) is 3. The van der Waals surface area contributed by atoms with Crippen LogP contribution in [0, 0.1) is 19.3 Å². The molecule has 160 valence electrons. The third kappa shape index (κ3) is 3.44. The fourth-order valence-electron chi connectivity index (χ4n) is 5.39. The Morgan fingerprint density at radius 1 is 1.23 bits per heavy atom. The van der Waals surface area contributed by atoms with Gasteiger partial charge in [-0.3, -0.25) is 0 Å². The Balaban J connectivity index is 1.51. The molecular formula is C24H34N4OSi. The Labute approximate surface area is 180 Å². The van der Waals surface area contributed by atoms with Crippen molar-refractivity contribution >= 4 is 19.1 Å². The molecule has 0 aliphatic heterocycles. The Bertz CT molecular complexity index is 1110. The fraction of sp³-hybridized carbons (Fsp3) is 0.583. The number of nitrogens with zero attached hydrogens (tertiary/aromatic N) is 3. The van der Waals surface area contributed by atoms with Crippen LogP contribution in [0.2, 0.25) is 25.7 Å². The number of hydrogen-bond donors (Lipinski definition) is 1. The number of imidazole rings is 1. The summed E-state index contributed by atoms with van der Waals surface area (Å²) < 4.78 is 8.22. The highest BCUT2D eigenvalue weighted by Gasteiger charge is 2.49. The van der Waals surface area contributed by atoms with E-state index in [9.17, 15) is 0 Å². The minimum atomic E-state index is -1.09. The maximum atomic E-state index is 6.09. The van der Waals surface area contributed by atoms with Gasteiger partial charge in [-0.05, 0) is 67.7 Å². The van der Waals surface area contributed by atoms with E-state index < -0.39 is 8.07 Å². The first-order chi connectivity index (χ1) is 14.1. The predicted molar refractivity (Wildman–Crippen MR) is 125 cm³/mol. The van der Waals surface area contributed by atoms with Crippen LogP contribution in [0.4, 0.5) is 0 Å². The van der Waals surface area contributed by atoms with Gasteiger partial charge >= 0.3 is 0 Å². The van der Waals surface area contributed by atoms with E-state index in [4.69, 9.17) is 14.8 Å². The zero-order valence-corrected chi connectivity index (χ0v) is 20.2. The van der Waals surface area contributed by atoms with E-state index in [0.29, 0.717) is 18.1 Å². The quantitative estimate of drug-likeness (QED) is 0.404. The first-order valence-electron chi connectivity index (χ1n) is 11.3. The van der Waals surface area contributed by atoms with Crippen molar-refractivity contribution in [2.24, 2.45) is 5.41 Å². The van der Waals surface area contributed by atoms with Crippen LogP contribution in [0.25, 0.3) is 22.6 Å². The monoisotopic (exact) mass is 422 g/mol. The van der Waals surface area contributed by atoms with Crippen molar-refractivity contribution in [2.45, 2.75) is 78.4 Å². The molecule has 0 saturated heterocycles. The Kier molecular flexibility index (Phi) is 4.53. The molecule has 6 rings (SSSR count). The first-order valence-corrected chi connectivity index (χ1v) is 15.0. The molecule has 2 bridgehead atoms. The highest BCUT2D eigenvalue weighted by atomic mass is 28.3. The van der Waals surface area contributed by atoms with Gasteiger partial charge in [0.1, 0.15) is 12.4 Å². The molecule has 0 radical (unpaired) electrons. The molecule has 0 spiro atoms. The molecule has 2 heterocycles. The minimum Gasteiger partial charge on any atom is -0.360 e. The van der Waals surface area contributed by atoms with E-state index in [2.05, 4.69) is 62.2 Å². The molecule has 0 unspecified atom stereocenters. The van der Waals surface area contributed by atoms with Gasteiger partial charge in [-0.25, -0.2) is 9.67 Å². The SMILES string of the molecule is Cc1cc(C)c2[nH]c(-c3nn(COCC[Si](C)(C)C)c4c3[C@H]3C[C@@](C)(C4)C3)nc2c1. The second-order valence-electron chi connectivity index (χ2n) is 11.2. The van der Waals surface area contributed by atoms with Gasteiger partial charge in [0.2, 0.25) is 0 Å². The fourth-order valence-corrected chi connectivity index (χ4v) is 6.15. The lowest BCUT2D eigenvalue weighted by Gasteiger charge is -2.50. The predicted octanol–water partition coefficient (Wildman–Crippen LogP) is 5.80. The van der Waals surface area contributed by atoms with Crippen LogP contribution in [-0.4, -0.2) is 34.4 Å². The second kappa shape index (κ2) is 6.79. The lowest BCUT2D eigenvalue weighted by atomic mass is 9.54. The largest absolute Gasteiger partial charge is 0.360 e. The number of H-pyrrole nitrogens is 1. The first kappa shape index (κ1) is 20.0. The van der Waals surface area contributed by atoms with Gasteiger partial charge in [-0.15, -0.1) is 0 Å². The van der Waals surface area contributed by atoms with Gasteiger partial charge in [0.05, 0.1) is 11.0 Å². The molecule has 3 aromatic rings. The van der Waals surface area contributed by atoms with Crippen LogP contribution in [0.5, 0.6) is 0 Å². The van der Waals surface area contributed by atoms with Gasteiger partial charge < -0.3 is 9.72 Å². The van der Waals surface area contributed by atoms with E-state index in [1.807, 2.05) is 0 Å². The van der Waals surface area contributed by atoms with Gasteiger partial charge in [0, 0.05) is 25.9 Å². The average Bonchev–Trinajstić information content (AvgIpc) is 3.18. The van der Waals surface area contributed by atoms with Crippen LogP contribution >= 0.6 is 0 Å². The molecule has 1 N–H and O–H groups in total. The van der Waals surface area contributed by atoms with Crippen LogP contribution in [-0.2, 0) is 17.9 Å². The number of aromatic amines is 1. The summed E-state index contributed by atoms with van der Waals surface area (Å²) in [6.45, 7) is 15.2. The summed E-state index contributed by atoms with van der Waals surface area (Å²) in [6.07, 6.45) is 3.64. The van der Waals surface area contributed by atoms with E-state index in [-0.39, 0.29) is 0 Å². The van der Waals surface area contributed by atoms with Crippen molar-refractivity contribution < 1.29 is 4.74 Å². The molecule has 0 amide bonds. The smallest absolute Gasteiger partial charge is 0.159 e. The summed E-state index contributed by atoms with van der Waals surface area (Å²) in [5.41, 5.74) is 8.91. The van der Waals surface area contributed by atoms with Crippen LogP contribution in [0.15, 0.2) is 12.1 Å². The second-order valence-corrected chi connectivity index (χ2v) is 16.8. The topological polar surface area (TPSA) is 55.7 Å². The van der Waals surface area contributed by atoms with Gasteiger partial charge in [-0.2, -0.15) is 5.10 Å². The lowest BCUT2D eigenvalue weighted by molar-refractivity contribution is 0.0639. The standard InChI is InChI=1S/C24H34N4OSi/c1-15-9-16(2)21-18(10-15)25-23(26-21)22-20-17-11-24(3,12-17)13-19(20)28(27-22)14-29-7-8-30(4,5)6/h9-10,17H,7-8,11-14H2,1-6H3,(H,25,26)/t17-,24+. The number of benzene rings is 1. The molecule has 1 saturated carbocycles. The molecule has 1 aromatic carbocycles. The Hall–Kier alpha value is -1.92. The maximum Gasteiger partial charge on any atom is 0.159 e. The summed E-state index contributed by atoms with van der Waals surface area (Å²) in [4.78, 5) is 8.54. The van der Waals surface area contributed by atoms with Gasteiger partial charge in [-0.1, -0.05) is 32.6 Å². The third-order valence-electron chi connectivity index (χ3n) is 6.95. The molecule has 2 aromatic heterocycles. The number of fused-ring (bicyclic) bond motifs is 1. The number of nitrogens with one attached hydrogen (secondary N) is 1. The van der Waals surface area contributed by atoms with Crippen LogP contribution < -0.4 is 0 Å². The number of aryl methyl sites for hydroxylation is 2. The molecule has 6 heteroatoms. The van der Waals surface area contributed by atoms with E-state index in [1.54, 1.807) is 0 Å².